The fraction of sp³-hybridized carbons (Fsp3) is 0.615. The maximum absolute atomic E-state index is 14.6. The Labute approximate surface area is 170 Å². The Morgan fingerprint density at radius 2 is 1.68 bits per heavy atom. The highest BCUT2D eigenvalue weighted by molar-refractivity contribution is 5.51. The highest BCUT2D eigenvalue weighted by atomic mass is 19.2. The Bertz CT molecular complexity index is 693. The molecule has 0 saturated heterocycles. The normalized spacial score (nSPS) is 25.9. The second kappa shape index (κ2) is 10.4. The van der Waals surface area contributed by atoms with E-state index in [0.29, 0.717) is 11.1 Å². The van der Waals surface area contributed by atoms with Crippen molar-refractivity contribution in [1.29, 1.82) is 0 Å². The maximum atomic E-state index is 14.6. The molecule has 1 atom stereocenters. The fourth-order valence-corrected chi connectivity index (χ4v) is 5.03. The van der Waals surface area contributed by atoms with Crippen molar-refractivity contribution in [3.05, 3.63) is 52.6 Å². The van der Waals surface area contributed by atoms with Crippen LogP contribution in [0.1, 0.15) is 102 Å². The minimum Gasteiger partial charge on any atom is -0.203 e. The summed E-state index contributed by atoms with van der Waals surface area (Å²) in [7, 11) is 0. The Morgan fingerprint density at radius 1 is 0.964 bits per heavy atom. The Morgan fingerprint density at radius 3 is 2.32 bits per heavy atom. The van der Waals surface area contributed by atoms with Crippen LogP contribution in [-0.4, -0.2) is 0 Å². The summed E-state index contributed by atoms with van der Waals surface area (Å²) in [5.74, 6) is 0.536. The molecule has 1 aromatic carbocycles. The third-order valence-corrected chi connectivity index (χ3v) is 6.92. The lowest BCUT2D eigenvalue weighted by Gasteiger charge is -2.28. The number of halogens is 2. The van der Waals surface area contributed by atoms with Gasteiger partial charge in [0.2, 0.25) is 0 Å². The molecule has 1 saturated carbocycles. The lowest BCUT2D eigenvalue weighted by atomic mass is 9.78. The van der Waals surface area contributed by atoms with Crippen LogP contribution < -0.4 is 0 Å². The van der Waals surface area contributed by atoms with Crippen LogP contribution in [0.25, 0.3) is 6.08 Å². The Balaban J connectivity index is 1.51. The fourth-order valence-electron chi connectivity index (χ4n) is 5.03. The summed E-state index contributed by atoms with van der Waals surface area (Å²) >= 11 is 0. The third-order valence-electron chi connectivity index (χ3n) is 6.92. The van der Waals surface area contributed by atoms with Crippen LogP contribution in [0.3, 0.4) is 0 Å². The molecule has 0 aromatic heterocycles. The average Bonchev–Trinajstić information content (AvgIpc) is 2.71. The molecule has 154 valence electrons. The molecule has 1 aromatic rings. The van der Waals surface area contributed by atoms with Gasteiger partial charge in [0.05, 0.1) is 0 Å². The van der Waals surface area contributed by atoms with Crippen molar-refractivity contribution in [2.45, 2.75) is 90.4 Å². The van der Waals surface area contributed by atoms with Gasteiger partial charge in [0.15, 0.2) is 11.6 Å². The van der Waals surface area contributed by atoms with E-state index < -0.39 is 11.6 Å². The van der Waals surface area contributed by atoms with E-state index >= 15 is 0 Å². The first kappa shape index (κ1) is 21.3. The van der Waals surface area contributed by atoms with E-state index in [1.165, 1.54) is 50.5 Å². The lowest BCUT2D eigenvalue weighted by molar-refractivity contribution is 0.253. The van der Waals surface area contributed by atoms with E-state index in [1.807, 2.05) is 6.08 Å². The van der Waals surface area contributed by atoms with Crippen molar-refractivity contribution in [3.8, 4) is 0 Å². The van der Waals surface area contributed by atoms with Gasteiger partial charge < -0.3 is 0 Å². The predicted octanol–water partition coefficient (Wildman–Crippen LogP) is 8.58. The number of benzene rings is 1. The highest BCUT2D eigenvalue weighted by Gasteiger charge is 2.22. The van der Waals surface area contributed by atoms with Gasteiger partial charge in [-0.3, -0.25) is 0 Å². The molecule has 1 unspecified atom stereocenters. The van der Waals surface area contributed by atoms with Crippen molar-refractivity contribution < 1.29 is 8.78 Å². The van der Waals surface area contributed by atoms with Gasteiger partial charge in [0.25, 0.3) is 0 Å². The van der Waals surface area contributed by atoms with E-state index in [2.05, 4.69) is 19.9 Å². The van der Waals surface area contributed by atoms with Gasteiger partial charge in [0, 0.05) is 5.56 Å². The molecule has 0 N–H and O–H groups in total. The molecule has 2 aliphatic rings. The first-order valence-electron chi connectivity index (χ1n) is 11.4. The smallest absolute Gasteiger partial charge is 0.166 e. The number of hydrogen-bond donors (Lipinski definition) is 0. The molecule has 2 heteroatoms. The quantitative estimate of drug-likeness (QED) is 0.412. The van der Waals surface area contributed by atoms with Crippen LogP contribution >= 0.6 is 0 Å². The summed E-state index contributed by atoms with van der Waals surface area (Å²) in [6.07, 6.45) is 18.9. The lowest BCUT2D eigenvalue weighted by Crippen LogP contribution is -2.14. The summed E-state index contributed by atoms with van der Waals surface area (Å²) in [6, 6.07) is 3.55. The second-order valence-corrected chi connectivity index (χ2v) is 9.05. The molecule has 0 radical (unpaired) electrons. The monoisotopic (exact) mass is 386 g/mol. The minimum atomic E-state index is -0.680. The van der Waals surface area contributed by atoms with Crippen LogP contribution in [-0.2, 0) is 0 Å². The van der Waals surface area contributed by atoms with E-state index in [0.717, 1.165) is 37.5 Å². The molecule has 0 spiro atoms. The van der Waals surface area contributed by atoms with E-state index in [9.17, 15) is 8.78 Å². The Kier molecular flexibility index (Phi) is 7.88. The molecule has 0 bridgehead atoms. The topological polar surface area (TPSA) is 0 Å². The number of rotatable bonds is 7. The molecular weight excluding hydrogens is 350 g/mol. The third kappa shape index (κ3) is 5.55. The first-order chi connectivity index (χ1) is 13.6. The molecule has 0 aliphatic heterocycles. The standard InChI is InChI=1S/C26H36F2/c1-3-6-20-11-13-21(14-12-20)7-4-5-8-23-17-18-24(26(28)25(23)27)22-15-9-19(2)10-16-22/h5,8-9,17-18,20-22H,3-4,6-7,10-16H2,1-2H3. The van der Waals surface area contributed by atoms with Gasteiger partial charge in [-0.2, -0.15) is 0 Å². The van der Waals surface area contributed by atoms with Crippen molar-refractivity contribution in [2.75, 3.05) is 0 Å². The predicted molar refractivity (Wildman–Crippen MR) is 115 cm³/mol. The summed E-state index contributed by atoms with van der Waals surface area (Å²) in [5.41, 5.74) is 2.29. The van der Waals surface area contributed by atoms with E-state index in [-0.39, 0.29) is 5.92 Å². The summed E-state index contributed by atoms with van der Waals surface area (Å²) in [4.78, 5) is 0. The molecular formula is C26H36F2. The van der Waals surface area contributed by atoms with Gasteiger partial charge >= 0.3 is 0 Å². The molecule has 3 rings (SSSR count). The zero-order valence-corrected chi connectivity index (χ0v) is 17.7. The number of allylic oxidation sites excluding steroid dienone is 3. The van der Waals surface area contributed by atoms with Gasteiger partial charge in [-0.05, 0) is 62.3 Å². The van der Waals surface area contributed by atoms with Crippen molar-refractivity contribution in [2.24, 2.45) is 11.8 Å². The summed E-state index contributed by atoms with van der Waals surface area (Å²) < 4.78 is 29.2. The maximum Gasteiger partial charge on any atom is 0.166 e. The number of hydrogen-bond acceptors (Lipinski definition) is 0. The van der Waals surface area contributed by atoms with Crippen molar-refractivity contribution in [1.82, 2.24) is 0 Å². The molecule has 0 amide bonds. The Hall–Kier alpha value is -1.44. The van der Waals surface area contributed by atoms with Crippen LogP contribution in [0.4, 0.5) is 8.78 Å². The summed E-state index contributed by atoms with van der Waals surface area (Å²) in [6.45, 7) is 4.39. The van der Waals surface area contributed by atoms with Gasteiger partial charge in [0.1, 0.15) is 0 Å². The molecule has 28 heavy (non-hydrogen) atoms. The molecule has 0 nitrogen and oxygen atoms in total. The SMILES string of the molecule is CCCC1CCC(CCC=Cc2ccc(C3CC=C(C)CC3)c(F)c2F)CC1. The zero-order chi connectivity index (χ0) is 19.9. The minimum absolute atomic E-state index is 0.110. The highest BCUT2D eigenvalue weighted by Crippen LogP contribution is 2.35. The molecule has 2 aliphatic carbocycles. The van der Waals surface area contributed by atoms with Gasteiger partial charge in [-0.15, -0.1) is 0 Å². The second-order valence-electron chi connectivity index (χ2n) is 9.05. The van der Waals surface area contributed by atoms with Crippen LogP contribution in [0, 0.1) is 23.5 Å². The average molecular weight is 387 g/mol. The molecule has 0 heterocycles. The van der Waals surface area contributed by atoms with Gasteiger partial charge in [-0.25, -0.2) is 8.78 Å². The van der Waals surface area contributed by atoms with Crippen molar-refractivity contribution >= 4 is 6.08 Å². The summed E-state index contributed by atoms with van der Waals surface area (Å²) in [5, 5.41) is 0. The van der Waals surface area contributed by atoms with Crippen LogP contribution in [0.15, 0.2) is 29.9 Å². The van der Waals surface area contributed by atoms with Gasteiger partial charge in [-0.1, -0.05) is 81.4 Å². The zero-order valence-electron chi connectivity index (χ0n) is 17.7. The molecule has 1 fully saturated rings. The van der Waals surface area contributed by atoms with Crippen LogP contribution in [0.5, 0.6) is 0 Å². The first-order valence-corrected chi connectivity index (χ1v) is 11.4. The largest absolute Gasteiger partial charge is 0.203 e. The van der Waals surface area contributed by atoms with E-state index in [1.54, 1.807) is 18.2 Å². The van der Waals surface area contributed by atoms with E-state index in [4.69, 9.17) is 0 Å². The van der Waals surface area contributed by atoms with Crippen LogP contribution in [0.2, 0.25) is 0 Å². The van der Waals surface area contributed by atoms with Crippen molar-refractivity contribution in [3.63, 3.8) is 0 Å².